The summed E-state index contributed by atoms with van der Waals surface area (Å²) in [6.45, 7) is 6.83. The molecular weight excluding hydrogens is 573 g/mol. The minimum absolute atomic E-state index is 0.152. The Kier molecular flexibility index (Phi) is 12.2. The average molecular weight is 614 g/mol. The van der Waals surface area contributed by atoms with Crippen molar-refractivity contribution in [1.82, 2.24) is 9.80 Å². The normalized spacial score (nSPS) is 25.4. The highest BCUT2D eigenvalue weighted by Crippen LogP contribution is 2.38. The Morgan fingerprint density at radius 2 is 1.47 bits per heavy atom. The number of ether oxygens (including phenoxy) is 1. The number of likely N-dealkylation sites (tertiary alicyclic amines) is 1. The van der Waals surface area contributed by atoms with E-state index in [0.717, 1.165) is 44.8 Å². The van der Waals surface area contributed by atoms with Gasteiger partial charge in [0, 0.05) is 38.8 Å². The molecule has 1 aromatic rings. The van der Waals surface area contributed by atoms with Crippen LogP contribution in [0.4, 0.5) is 10.1 Å². The lowest BCUT2D eigenvalue weighted by molar-refractivity contribution is -0.165. The number of halogens is 1. The van der Waals surface area contributed by atoms with E-state index in [9.17, 15) is 33.8 Å². The molecular formula is C28H40FN3O11. The summed E-state index contributed by atoms with van der Waals surface area (Å²) in [6, 6.07) is 4.63. The van der Waals surface area contributed by atoms with Gasteiger partial charge in [0.1, 0.15) is 11.6 Å². The summed E-state index contributed by atoms with van der Waals surface area (Å²) >= 11 is 0. The van der Waals surface area contributed by atoms with Gasteiger partial charge in [-0.2, -0.15) is 0 Å². The topological polar surface area (TPSA) is 209 Å². The molecule has 1 saturated carbocycles. The second kappa shape index (κ2) is 15.4. The van der Waals surface area contributed by atoms with Gasteiger partial charge in [-0.1, -0.05) is 6.92 Å². The number of carbonyl (C=O) groups excluding carboxylic acids is 2. The molecule has 1 aliphatic carbocycles. The third kappa shape index (κ3) is 8.60. The number of carboxylic acids is 2. The first-order chi connectivity index (χ1) is 20.3. The van der Waals surface area contributed by atoms with Crippen molar-refractivity contribution in [2.45, 2.75) is 57.0 Å². The number of carboxylic acid groups (broad SMARTS) is 2. The van der Waals surface area contributed by atoms with Crippen LogP contribution in [0.15, 0.2) is 18.2 Å². The number of piperazine rings is 1. The smallest absolute Gasteiger partial charge is 0.335 e. The van der Waals surface area contributed by atoms with Gasteiger partial charge >= 0.3 is 11.9 Å². The molecule has 0 bridgehead atoms. The van der Waals surface area contributed by atoms with Gasteiger partial charge in [-0.25, -0.2) is 14.0 Å². The molecule has 2 amide bonds. The minimum Gasteiger partial charge on any atom is -0.491 e. The summed E-state index contributed by atoms with van der Waals surface area (Å²) in [5, 5.41) is 52.3. The summed E-state index contributed by atoms with van der Waals surface area (Å²) in [4.78, 5) is 50.6. The number of hydrogen-bond acceptors (Lipinski definition) is 11. The Morgan fingerprint density at radius 1 is 0.930 bits per heavy atom. The van der Waals surface area contributed by atoms with Crippen molar-refractivity contribution < 1.29 is 58.9 Å². The molecule has 15 heteroatoms. The molecule has 6 unspecified atom stereocenters. The fourth-order valence-electron chi connectivity index (χ4n) is 5.44. The largest absolute Gasteiger partial charge is 0.491 e. The molecule has 1 aromatic carbocycles. The van der Waals surface area contributed by atoms with Crippen molar-refractivity contribution in [3.8, 4) is 5.75 Å². The monoisotopic (exact) mass is 613 g/mol. The van der Waals surface area contributed by atoms with Crippen LogP contribution in [0, 0.1) is 17.7 Å². The molecule has 3 aliphatic rings. The molecule has 6 N–H and O–H groups in total. The number of benzene rings is 1. The highest BCUT2D eigenvalue weighted by Gasteiger charge is 2.51. The van der Waals surface area contributed by atoms with Crippen LogP contribution in [0.25, 0.3) is 0 Å². The first kappa shape index (κ1) is 34.1. The quantitative estimate of drug-likeness (QED) is 0.168. The van der Waals surface area contributed by atoms with E-state index in [2.05, 4.69) is 9.80 Å². The van der Waals surface area contributed by atoms with Crippen molar-refractivity contribution >= 4 is 29.4 Å². The van der Waals surface area contributed by atoms with E-state index >= 15 is 0 Å². The Labute approximate surface area is 247 Å². The predicted octanol–water partition coefficient (Wildman–Crippen LogP) is -0.879. The number of anilines is 1. The fraction of sp³-hybridized carbons (Fsp3) is 0.643. The SMILES string of the molecule is CCCOc1ccc(F)cc1N1CCN(CCCN2C(=O)C3CC(O)C(O)CC3C2=O)CC1.O=C(O)C(O)C(O)C(=O)O. The molecule has 0 radical (unpaired) electrons. The minimum atomic E-state index is -2.27. The van der Waals surface area contributed by atoms with Crippen LogP contribution in [-0.2, 0) is 19.2 Å². The number of carbonyl (C=O) groups is 4. The van der Waals surface area contributed by atoms with Gasteiger partial charge < -0.3 is 40.3 Å². The van der Waals surface area contributed by atoms with Crippen LogP contribution >= 0.6 is 0 Å². The van der Waals surface area contributed by atoms with Gasteiger partial charge in [0.2, 0.25) is 11.8 Å². The zero-order chi connectivity index (χ0) is 31.8. The third-order valence-corrected chi connectivity index (χ3v) is 7.84. The Morgan fingerprint density at radius 3 is 1.95 bits per heavy atom. The number of hydrogen-bond donors (Lipinski definition) is 6. The molecule has 240 valence electrons. The summed E-state index contributed by atoms with van der Waals surface area (Å²) in [5.41, 5.74) is 0.781. The molecule has 2 aliphatic heterocycles. The van der Waals surface area contributed by atoms with Gasteiger partial charge in [-0.3, -0.25) is 19.4 Å². The molecule has 6 atom stereocenters. The van der Waals surface area contributed by atoms with Crippen LogP contribution in [-0.4, -0.2) is 134 Å². The summed E-state index contributed by atoms with van der Waals surface area (Å²) in [7, 11) is 0. The van der Waals surface area contributed by atoms with E-state index in [1.807, 2.05) is 6.92 Å². The number of aliphatic hydroxyl groups is 4. The number of amides is 2. The average Bonchev–Trinajstić information content (AvgIpc) is 3.20. The summed E-state index contributed by atoms with van der Waals surface area (Å²) in [5.74, 6) is -4.56. The van der Waals surface area contributed by atoms with E-state index in [4.69, 9.17) is 25.2 Å². The molecule has 2 saturated heterocycles. The van der Waals surface area contributed by atoms with Crippen LogP contribution < -0.4 is 9.64 Å². The van der Waals surface area contributed by atoms with Gasteiger partial charge in [0.15, 0.2) is 12.2 Å². The number of aliphatic carboxylic acids is 2. The van der Waals surface area contributed by atoms with E-state index < -0.39 is 48.2 Å². The molecule has 4 rings (SSSR count). The molecule has 14 nitrogen and oxygen atoms in total. The first-order valence-electron chi connectivity index (χ1n) is 14.3. The molecule has 0 spiro atoms. The molecule has 0 aromatic heterocycles. The predicted molar refractivity (Wildman–Crippen MR) is 148 cm³/mol. The van der Waals surface area contributed by atoms with Crippen molar-refractivity contribution in [3.63, 3.8) is 0 Å². The van der Waals surface area contributed by atoms with E-state index in [-0.39, 0.29) is 30.5 Å². The highest BCUT2D eigenvalue weighted by atomic mass is 19.1. The molecule has 2 heterocycles. The maximum atomic E-state index is 13.9. The second-order valence-corrected chi connectivity index (χ2v) is 10.9. The number of aliphatic hydroxyl groups excluding tert-OH is 4. The van der Waals surface area contributed by atoms with Crippen LogP contribution in [0.2, 0.25) is 0 Å². The zero-order valence-electron chi connectivity index (χ0n) is 23.9. The van der Waals surface area contributed by atoms with Gasteiger partial charge in [-0.15, -0.1) is 0 Å². The van der Waals surface area contributed by atoms with E-state index in [1.165, 1.54) is 17.0 Å². The number of nitrogens with zero attached hydrogens (tertiary/aromatic N) is 3. The fourth-order valence-corrected chi connectivity index (χ4v) is 5.44. The summed E-state index contributed by atoms with van der Waals surface area (Å²) < 4.78 is 19.6. The lowest BCUT2D eigenvalue weighted by atomic mass is 9.78. The maximum Gasteiger partial charge on any atom is 0.335 e. The van der Waals surface area contributed by atoms with Gasteiger partial charge in [-0.05, 0) is 44.4 Å². The first-order valence-corrected chi connectivity index (χ1v) is 14.3. The van der Waals surface area contributed by atoms with Crippen LogP contribution in [0.5, 0.6) is 5.75 Å². The van der Waals surface area contributed by atoms with Crippen LogP contribution in [0.1, 0.15) is 32.6 Å². The van der Waals surface area contributed by atoms with Crippen molar-refractivity contribution in [2.75, 3.05) is 50.8 Å². The lowest BCUT2D eigenvalue weighted by Gasteiger charge is -2.37. The second-order valence-electron chi connectivity index (χ2n) is 10.9. The van der Waals surface area contributed by atoms with Gasteiger partial charge in [0.05, 0.1) is 36.3 Å². The van der Waals surface area contributed by atoms with Crippen molar-refractivity contribution in [2.24, 2.45) is 11.8 Å². The Bertz CT molecular complexity index is 1100. The number of fused-ring (bicyclic) bond motifs is 1. The number of rotatable bonds is 11. The standard InChI is InChI=1S/C24H34FN3O5.C4H6O6/c1-2-12-33-22-5-4-16(25)13-19(22)27-10-8-26(9-11-27)6-3-7-28-23(31)17-14-20(29)21(30)15-18(17)24(28)32;5-1(3(7)8)2(6)4(9)10/h4-5,13,17-18,20-21,29-30H,2-3,6-12,14-15H2,1H3;1-2,5-6H,(H,7,8)(H,9,10). The van der Waals surface area contributed by atoms with E-state index in [1.54, 1.807) is 6.07 Å². The van der Waals surface area contributed by atoms with Crippen molar-refractivity contribution in [3.05, 3.63) is 24.0 Å². The Hall–Kier alpha value is -3.37. The maximum absolute atomic E-state index is 13.9. The third-order valence-electron chi connectivity index (χ3n) is 7.84. The van der Waals surface area contributed by atoms with Crippen molar-refractivity contribution in [1.29, 1.82) is 0 Å². The molecule has 3 fully saturated rings. The molecule has 43 heavy (non-hydrogen) atoms. The van der Waals surface area contributed by atoms with E-state index in [0.29, 0.717) is 25.3 Å². The Balaban J connectivity index is 0.000000436. The van der Waals surface area contributed by atoms with Crippen LogP contribution in [0.3, 0.4) is 0 Å². The summed E-state index contributed by atoms with van der Waals surface area (Å²) in [6.07, 6.45) is -4.55. The highest BCUT2D eigenvalue weighted by molar-refractivity contribution is 6.05. The lowest BCUT2D eigenvalue weighted by Crippen LogP contribution is -2.47. The van der Waals surface area contributed by atoms with Gasteiger partial charge in [0.25, 0.3) is 0 Å². The zero-order valence-corrected chi connectivity index (χ0v) is 23.9. The number of imide groups is 1.